The third-order valence-corrected chi connectivity index (χ3v) is 6.71. The number of aliphatic hydroxyl groups excluding tert-OH is 1. The summed E-state index contributed by atoms with van der Waals surface area (Å²) >= 11 is 0. The highest BCUT2D eigenvalue weighted by Gasteiger charge is 2.39. The molecule has 0 bridgehead atoms. The Labute approximate surface area is 207 Å². The van der Waals surface area contributed by atoms with Gasteiger partial charge in [0.2, 0.25) is 5.91 Å². The van der Waals surface area contributed by atoms with E-state index in [0.717, 1.165) is 43.8 Å². The topological polar surface area (TPSA) is 110 Å². The van der Waals surface area contributed by atoms with Crippen molar-refractivity contribution < 1.29 is 23.5 Å². The Morgan fingerprint density at radius 1 is 1.06 bits per heavy atom. The molecular formula is C26H29F2N5O3. The van der Waals surface area contributed by atoms with E-state index in [-0.39, 0.29) is 11.0 Å². The molecule has 1 aliphatic rings. The van der Waals surface area contributed by atoms with E-state index in [9.17, 15) is 23.5 Å². The van der Waals surface area contributed by atoms with E-state index in [2.05, 4.69) is 44.9 Å². The van der Waals surface area contributed by atoms with Gasteiger partial charge < -0.3 is 20.6 Å². The van der Waals surface area contributed by atoms with Crippen LogP contribution in [-0.2, 0) is 15.0 Å². The van der Waals surface area contributed by atoms with Crippen LogP contribution < -0.4 is 10.6 Å². The average Bonchev–Trinajstić information content (AvgIpc) is 3.33. The Balaban J connectivity index is 1.44. The van der Waals surface area contributed by atoms with Crippen LogP contribution in [0.15, 0.2) is 54.6 Å². The number of carbonyl (C=O) groups is 2. The first-order valence-corrected chi connectivity index (χ1v) is 11.7. The molecule has 0 saturated carbocycles. The minimum atomic E-state index is -1.84. The van der Waals surface area contributed by atoms with Crippen LogP contribution in [0.3, 0.4) is 0 Å². The van der Waals surface area contributed by atoms with E-state index < -0.39 is 35.6 Å². The number of amides is 2. The smallest absolute Gasteiger partial charge is 0.254 e. The van der Waals surface area contributed by atoms with Gasteiger partial charge in [-0.2, -0.15) is 5.10 Å². The van der Waals surface area contributed by atoms with Crippen molar-refractivity contribution in [3.05, 3.63) is 83.1 Å². The normalized spacial score (nSPS) is 17.2. The molecule has 1 aromatic heterocycles. The van der Waals surface area contributed by atoms with Crippen molar-refractivity contribution in [2.75, 3.05) is 25.5 Å². The molecule has 2 aromatic carbocycles. The summed E-state index contributed by atoms with van der Waals surface area (Å²) in [4.78, 5) is 27.3. The lowest BCUT2D eigenvalue weighted by Gasteiger charge is -2.40. The standard InChI is InChI=1S/C26H29F2N5O3/c1-16(29-25(36)23(34)17-12-19(27)14-20(28)13-17)24(35)30-22-15-21(31-32-22)26(8-10-33(2)11-9-26)18-6-4-3-5-7-18/h3-7,12-16,23,34H,8-11H2,1-2H3,(H,29,36)(H2,30,31,32,35)/t16-,23-/m0/s1. The molecule has 2 amide bonds. The summed E-state index contributed by atoms with van der Waals surface area (Å²) in [6.45, 7) is 3.26. The van der Waals surface area contributed by atoms with Crippen molar-refractivity contribution >= 4 is 17.6 Å². The van der Waals surface area contributed by atoms with Gasteiger partial charge in [-0.3, -0.25) is 14.7 Å². The van der Waals surface area contributed by atoms with E-state index in [4.69, 9.17) is 0 Å². The van der Waals surface area contributed by atoms with Gasteiger partial charge in [-0.25, -0.2) is 8.78 Å². The first kappa shape index (κ1) is 25.5. The minimum absolute atomic E-state index is 0.251. The molecule has 190 valence electrons. The van der Waals surface area contributed by atoms with Crippen molar-refractivity contribution in [2.45, 2.75) is 37.3 Å². The second-order valence-corrected chi connectivity index (χ2v) is 9.24. The number of aliphatic hydroxyl groups is 1. The quantitative estimate of drug-likeness (QED) is 0.401. The van der Waals surface area contributed by atoms with Crippen molar-refractivity contribution in [1.29, 1.82) is 0 Å². The molecule has 0 radical (unpaired) electrons. The van der Waals surface area contributed by atoms with Gasteiger partial charge in [-0.1, -0.05) is 30.3 Å². The summed E-state index contributed by atoms with van der Waals surface area (Å²) in [7, 11) is 2.09. The van der Waals surface area contributed by atoms with Crippen molar-refractivity contribution in [1.82, 2.24) is 20.4 Å². The summed E-state index contributed by atoms with van der Waals surface area (Å²) in [5, 5.41) is 22.5. The largest absolute Gasteiger partial charge is 0.378 e. The predicted octanol–water partition coefficient (Wildman–Crippen LogP) is 2.88. The average molecular weight is 498 g/mol. The second-order valence-electron chi connectivity index (χ2n) is 9.24. The number of benzene rings is 2. The van der Waals surface area contributed by atoms with Gasteiger partial charge in [0.25, 0.3) is 5.91 Å². The molecule has 8 nitrogen and oxygen atoms in total. The molecule has 0 aliphatic carbocycles. The lowest BCUT2D eigenvalue weighted by Crippen LogP contribution is -2.43. The zero-order valence-corrected chi connectivity index (χ0v) is 20.1. The number of aromatic nitrogens is 2. The number of aromatic amines is 1. The van der Waals surface area contributed by atoms with E-state index in [1.54, 1.807) is 6.07 Å². The maximum Gasteiger partial charge on any atom is 0.254 e. The number of hydrogen-bond acceptors (Lipinski definition) is 5. The van der Waals surface area contributed by atoms with Crippen molar-refractivity contribution in [3.8, 4) is 0 Å². The molecule has 4 rings (SSSR count). The van der Waals surface area contributed by atoms with Crippen LogP contribution >= 0.6 is 0 Å². The maximum atomic E-state index is 13.4. The monoisotopic (exact) mass is 497 g/mol. The van der Waals surface area contributed by atoms with E-state index >= 15 is 0 Å². The molecule has 1 fully saturated rings. The fourth-order valence-corrected chi connectivity index (χ4v) is 4.58. The minimum Gasteiger partial charge on any atom is -0.378 e. The number of hydrogen-bond donors (Lipinski definition) is 4. The number of piperidine rings is 1. The SMILES string of the molecule is C[C@H](NC(=O)[C@@H](O)c1cc(F)cc(F)c1)C(=O)Nc1cc(C2(c3ccccc3)CCN(C)CC2)[nH]n1. The van der Waals surface area contributed by atoms with Gasteiger partial charge in [0.05, 0.1) is 0 Å². The first-order chi connectivity index (χ1) is 17.2. The van der Waals surface area contributed by atoms with Crippen LogP contribution in [0.1, 0.15) is 42.7 Å². The number of nitrogens with zero attached hydrogens (tertiary/aromatic N) is 2. The number of rotatable bonds is 7. The number of carbonyl (C=O) groups excluding carboxylic acids is 2. The van der Waals surface area contributed by atoms with Gasteiger partial charge >= 0.3 is 0 Å². The van der Waals surface area contributed by atoms with Gasteiger partial charge in [0, 0.05) is 23.2 Å². The fraction of sp³-hybridized carbons (Fsp3) is 0.346. The molecular weight excluding hydrogens is 468 g/mol. The Bertz CT molecular complexity index is 1210. The molecule has 10 heteroatoms. The summed E-state index contributed by atoms with van der Waals surface area (Å²) < 4.78 is 26.8. The molecule has 2 heterocycles. The molecule has 3 aromatic rings. The number of nitrogens with one attached hydrogen (secondary N) is 3. The fourth-order valence-electron chi connectivity index (χ4n) is 4.58. The molecule has 36 heavy (non-hydrogen) atoms. The Morgan fingerprint density at radius 3 is 2.33 bits per heavy atom. The van der Waals surface area contributed by atoms with Gasteiger partial charge in [-0.15, -0.1) is 0 Å². The van der Waals surface area contributed by atoms with Crippen LogP contribution in [0.4, 0.5) is 14.6 Å². The van der Waals surface area contributed by atoms with E-state index in [1.165, 1.54) is 12.5 Å². The summed E-state index contributed by atoms with van der Waals surface area (Å²) in [5.74, 6) is -3.06. The first-order valence-electron chi connectivity index (χ1n) is 11.7. The third kappa shape index (κ3) is 5.44. The maximum absolute atomic E-state index is 13.4. The molecule has 1 saturated heterocycles. The van der Waals surface area contributed by atoms with Crippen LogP contribution in [-0.4, -0.2) is 58.2 Å². The summed E-state index contributed by atoms with van der Waals surface area (Å²) in [5.41, 5.74) is 1.53. The third-order valence-electron chi connectivity index (χ3n) is 6.71. The van der Waals surface area contributed by atoms with Gasteiger partial charge in [0.1, 0.15) is 17.7 Å². The number of H-pyrrole nitrogens is 1. The highest BCUT2D eigenvalue weighted by molar-refractivity contribution is 5.97. The zero-order valence-electron chi connectivity index (χ0n) is 20.1. The second kappa shape index (κ2) is 10.5. The Kier molecular flexibility index (Phi) is 7.46. The van der Waals surface area contributed by atoms with Crippen LogP contribution in [0.2, 0.25) is 0 Å². The Morgan fingerprint density at radius 2 is 1.69 bits per heavy atom. The molecule has 0 unspecified atom stereocenters. The van der Waals surface area contributed by atoms with Gasteiger partial charge in [-0.05, 0) is 63.2 Å². The van der Waals surface area contributed by atoms with Crippen LogP contribution in [0.5, 0.6) is 0 Å². The number of anilines is 1. The lowest BCUT2D eigenvalue weighted by atomic mass is 9.70. The van der Waals surface area contributed by atoms with Crippen molar-refractivity contribution in [3.63, 3.8) is 0 Å². The molecule has 0 spiro atoms. The predicted molar refractivity (Wildman–Crippen MR) is 130 cm³/mol. The zero-order chi connectivity index (χ0) is 25.9. The number of likely N-dealkylation sites (tertiary alicyclic amines) is 1. The van der Waals surface area contributed by atoms with Gasteiger partial charge in [0.15, 0.2) is 11.9 Å². The summed E-state index contributed by atoms with van der Waals surface area (Å²) in [6.07, 6.45) is -0.0695. The van der Waals surface area contributed by atoms with E-state index in [1.807, 2.05) is 18.2 Å². The lowest BCUT2D eigenvalue weighted by molar-refractivity contribution is -0.132. The van der Waals surface area contributed by atoms with Crippen molar-refractivity contribution in [2.24, 2.45) is 0 Å². The molecule has 2 atom stereocenters. The number of halogens is 2. The highest BCUT2D eigenvalue weighted by Crippen LogP contribution is 2.41. The molecule has 4 N–H and O–H groups in total. The highest BCUT2D eigenvalue weighted by atomic mass is 19.1. The van der Waals surface area contributed by atoms with Crippen LogP contribution in [0, 0.1) is 11.6 Å². The Hall–Kier alpha value is -3.63. The molecule has 1 aliphatic heterocycles. The van der Waals surface area contributed by atoms with Crippen LogP contribution in [0.25, 0.3) is 0 Å². The van der Waals surface area contributed by atoms with E-state index in [0.29, 0.717) is 11.9 Å². The summed E-state index contributed by atoms with van der Waals surface area (Å²) in [6, 6.07) is 13.3.